The van der Waals surface area contributed by atoms with Gasteiger partial charge in [-0.25, -0.2) is 29.9 Å². The first kappa shape index (κ1) is 60.8. The molecule has 106 heavy (non-hydrogen) atoms. The Morgan fingerprint density at radius 2 is 0.670 bits per heavy atom. The minimum absolute atomic E-state index is 0.144. The molecule has 0 saturated heterocycles. The summed E-state index contributed by atoms with van der Waals surface area (Å²) in [7, 11) is 0. The molecule has 7 aliphatic rings. The predicted molar refractivity (Wildman–Crippen MR) is 433 cm³/mol. The van der Waals surface area contributed by atoms with Crippen LogP contribution in [0.25, 0.3) is 107 Å². The number of allylic oxidation sites excluding steroid dienone is 8. The fourth-order valence-electron chi connectivity index (χ4n) is 16.6. The Hall–Kier alpha value is -14.0. The van der Waals surface area contributed by atoms with Crippen LogP contribution in [-0.4, -0.2) is 53.4 Å². The highest BCUT2D eigenvalue weighted by Gasteiger charge is 2.51. The maximum absolute atomic E-state index is 5.37. The van der Waals surface area contributed by atoms with Crippen LogP contribution in [0.15, 0.2) is 352 Å². The smallest absolute Gasteiger partial charge is 0.235 e. The molecule has 0 spiro atoms. The van der Waals surface area contributed by atoms with E-state index < -0.39 is 0 Å². The summed E-state index contributed by atoms with van der Waals surface area (Å²) in [6, 6.07) is 111. The fourth-order valence-corrected chi connectivity index (χ4v) is 16.6. The molecule has 12 aromatic carbocycles. The standard InChI is InChI=1S/C96H64N10/c1-7-26-61(27-8-1)70-48-50-81-77(55-70)79-57-73(59-87-89(79)105(81)86-47-22-20-45-84(86)104(87)76-43-25-41-72(54-76)95-99-91(63-30-11-3-12-31-63)97-92(100-95)64-32-13-4-14-33-64)68-39-23-38-67(52-68)69-40-24-42-75(53-69)103-83-44-19-21-46-85(83)106-82-51-49-71(62-28-9-2-10-29-62)56-78(82)80-58-74(60-88(103)90(80)106)96-101-93(65-34-15-5-16-35-65)98-94(102-96)66-36-17-6-18-37-66/h1-13,15-32,34-60,89-90H,14,33H2/q+2. The topological polar surface area (TPSA) is 89.8 Å². The van der Waals surface area contributed by atoms with Crippen molar-refractivity contribution < 1.29 is 0 Å². The van der Waals surface area contributed by atoms with Gasteiger partial charge in [-0.15, -0.1) is 0 Å². The van der Waals surface area contributed by atoms with Gasteiger partial charge in [0.1, 0.15) is 23.5 Å². The summed E-state index contributed by atoms with van der Waals surface area (Å²) in [4.78, 5) is 36.6. The summed E-state index contributed by atoms with van der Waals surface area (Å²) in [5.41, 5.74) is 30.6. The van der Waals surface area contributed by atoms with E-state index in [1.165, 1.54) is 39.1 Å². The number of para-hydroxylation sites is 4. The van der Waals surface area contributed by atoms with Crippen molar-refractivity contribution >= 4 is 84.8 Å². The Labute approximate surface area is 614 Å². The molecule has 2 unspecified atom stereocenters. The first-order chi connectivity index (χ1) is 52.5. The first-order valence-corrected chi connectivity index (χ1v) is 36.3. The summed E-state index contributed by atoms with van der Waals surface area (Å²) < 4.78 is 4.96. The molecule has 496 valence electrons. The molecule has 0 bridgehead atoms. The Morgan fingerprint density at radius 1 is 0.283 bits per heavy atom. The van der Waals surface area contributed by atoms with Crippen molar-refractivity contribution in [2.75, 3.05) is 9.80 Å². The molecule has 4 aliphatic heterocycles. The van der Waals surface area contributed by atoms with Crippen molar-refractivity contribution in [3.05, 3.63) is 380 Å². The Kier molecular flexibility index (Phi) is 14.3. The molecule has 2 atom stereocenters. The predicted octanol–water partition coefficient (Wildman–Crippen LogP) is 22.0. The van der Waals surface area contributed by atoms with Crippen molar-refractivity contribution in [1.82, 2.24) is 39.1 Å². The SMILES string of the molecule is C1=CCCC(c2nc(-c3ccccc3)nc(-c3cccc([N+]4=C5C=C(c6cccc(-c7cccc([N+]8=C9C=C(c%10nc(-c%11ccccc%11)nc(-c%11ccccc%11)n%10)C=C%10c%11cc(-c%12ccccc%12)ccc%11N(c%11ccccc%118)C%109)c7)c6)C=C6c7cc(-c8ccccc8)ccc7N(c7ccccc74)C65)c3)n2)=C1. The molecule has 3 aliphatic carbocycles. The van der Waals surface area contributed by atoms with Gasteiger partial charge in [-0.2, -0.15) is 9.15 Å². The zero-order chi connectivity index (χ0) is 69.8. The highest BCUT2D eigenvalue weighted by molar-refractivity contribution is 6.27. The number of anilines is 4. The van der Waals surface area contributed by atoms with Crippen molar-refractivity contribution in [3.63, 3.8) is 0 Å². The minimum Gasteiger partial charge on any atom is -0.318 e. The Bertz CT molecular complexity index is 6210. The van der Waals surface area contributed by atoms with Crippen molar-refractivity contribution in [1.29, 1.82) is 0 Å². The molecule has 0 fully saturated rings. The van der Waals surface area contributed by atoms with Crippen LogP contribution >= 0.6 is 0 Å². The number of aromatic nitrogens is 6. The van der Waals surface area contributed by atoms with Crippen molar-refractivity contribution in [3.8, 4) is 78.9 Å². The molecule has 2 aromatic heterocycles. The lowest BCUT2D eigenvalue weighted by Gasteiger charge is -2.33. The van der Waals surface area contributed by atoms with E-state index in [0.717, 1.165) is 131 Å². The highest BCUT2D eigenvalue weighted by atomic mass is 15.3. The number of benzene rings is 12. The molecule has 10 nitrogen and oxygen atoms in total. The largest absolute Gasteiger partial charge is 0.318 e. The maximum atomic E-state index is 5.37. The van der Waals surface area contributed by atoms with Crippen LogP contribution in [0.3, 0.4) is 0 Å². The van der Waals surface area contributed by atoms with Gasteiger partial charge in [0.2, 0.25) is 34.2 Å². The van der Waals surface area contributed by atoms with Crippen LogP contribution in [0, 0.1) is 0 Å². The minimum atomic E-state index is -0.177. The molecule has 14 aromatic rings. The second-order valence-corrected chi connectivity index (χ2v) is 27.7. The lowest BCUT2D eigenvalue weighted by atomic mass is 9.85. The van der Waals surface area contributed by atoms with Crippen molar-refractivity contribution in [2.24, 2.45) is 0 Å². The van der Waals surface area contributed by atoms with Gasteiger partial charge < -0.3 is 9.80 Å². The molecular formula is C96H64N10+2. The average molecular weight is 1360 g/mol. The van der Waals surface area contributed by atoms with Crippen LogP contribution in [0.2, 0.25) is 0 Å². The van der Waals surface area contributed by atoms with Crippen LogP contribution in [0.4, 0.5) is 45.5 Å². The summed E-state index contributed by atoms with van der Waals surface area (Å²) in [6.45, 7) is 0. The Morgan fingerprint density at radius 3 is 1.18 bits per heavy atom. The molecular weight excluding hydrogens is 1290 g/mol. The van der Waals surface area contributed by atoms with Gasteiger partial charge in [0.25, 0.3) is 0 Å². The quantitative estimate of drug-likeness (QED) is 0.112. The van der Waals surface area contributed by atoms with E-state index in [0.29, 0.717) is 34.9 Å². The second-order valence-electron chi connectivity index (χ2n) is 27.7. The first-order valence-electron chi connectivity index (χ1n) is 36.3. The van der Waals surface area contributed by atoms with E-state index in [-0.39, 0.29) is 12.1 Å². The van der Waals surface area contributed by atoms with Crippen LogP contribution in [0.5, 0.6) is 0 Å². The number of hydrogen-bond donors (Lipinski definition) is 0. The van der Waals surface area contributed by atoms with E-state index >= 15 is 0 Å². The van der Waals surface area contributed by atoms with Crippen LogP contribution < -0.4 is 19.0 Å². The molecule has 10 heteroatoms. The molecule has 0 amide bonds. The third-order valence-electron chi connectivity index (χ3n) is 21.4. The summed E-state index contributed by atoms with van der Waals surface area (Å²) in [5, 5.41) is 0. The van der Waals surface area contributed by atoms with E-state index in [2.05, 4.69) is 316 Å². The molecule has 0 radical (unpaired) electrons. The lowest BCUT2D eigenvalue weighted by molar-refractivity contribution is 0.931. The molecule has 0 N–H and O–H groups in total. The van der Waals surface area contributed by atoms with Gasteiger partial charge >= 0.3 is 0 Å². The van der Waals surface area contributed by atoms with E-state index in [9.17, 15) is 0 Å². The number of rotatable bonds is 12. The normalized spacial score (nSPS) is 16.2. The monoisotopic (exact) mass is 1360 g/mol. The molecule has 21 rings (SSSR count). The number of nitrogens with zero attached hydrogens (tertiary/aromatic N) is 10. The van der Waals surface area contributed by atoms with E-state index in [1.54, 1.807) is 0 Å². The highest BCUT2D eigenvalue weighted by Crippen LogP contribution is 2.57. The summed E-state index contributed by atoms with van der Waals surface area (Å²) >= 11 is 0. The van der Waals surface area contributed by atoms with Gasteiger partial charge in [-0.05, 0) is 129 Å². The average Bonchev–Trinajstić information content (AvgIpc) is 1.54. The zero-order valence-electron chi connectivity index (χ0n) is 57.5. The fraction of sp³-hybridized carbons (Fsp3) is 0.0417. The lowest BCUT2D eigenvalue weighted by Crippen LogP contribution is -2.43. The Balaban J connectivity index is 0.731. The van der Waals surface area contributed by atoms with E-state index in [1.807, 2.05) is 54.6 Å². The number of hydrogen-bond acceptors (Lipinski definition) is 8. The van der Waals surface area contributed by atoms with Gasteiger partial charge in [-0.3, -0.25) is 0 Å². The van der Waals surface area contributed by atoms with Crippen molar-refractivity contribution in [2.45, 2.75) is 24.9 Å². The third kappa shape index (κ3) is 10.2. The summed E-state index contributed by atoms with van der Waals surface area (Å²) in [5.74, 6) is 3.81. The van der Waals surface area contributed by atoms with Gasteiger partial charge in [-0.1, -0.05) is 249 Å². The maximum Gasteiger partial charge on any atom is 0.235 e. The van der Waals surface area contributed by atoms with E-state index in [4.69, 9.17) is 29.9 Å². The van der Waals surface area contributed by atoms with Crippen LogP contribution in [0.1, 0.15) is 41.2 Å². The molecule has 0 saturated carbocycles. The second kappa shape index (κ2) is 24.9. The molecule has 6 heterocycles. The third-order valence-corrected chi connectivity index (χ3v) is 21.4. The van der Waals surface area contributed by atoms with Gasteiger partial charge in [0.15, 0.2) is 34.9 Å². The zero-order valence-corrected chi connectivity index (χ0v) is 57.5. The number of fused-ring (bicyclic) bond motifs is 10. The summed E-state index contributed by atoms with van der Waals surface area (Å²) in [6.07, 6.45) is 17.8. The van der Waals surface area contributed by atoms with Gasteiger partial charge in [0.05, 0.1) is 11.4 Å². The van der Waals surface area contributed by atoms with Crippen LogP contribution in [-0.2, 0) is 0 Å². The van der Waals surface area contributed by atoms with Gasteiger partial charge in [0, 0.05) is 87.5 Å².